The lowest BCUT2D eigenvalue weighted by molar-refractivity contribution is 0.0955. The predicted octanol–water partition coefficient (Wildman–Crippen LogP) is 3.46. The SMILES string of the molecule is O=C(NN=Cc1ccc(O)cc1)c1ccc(Cl)c(Cl)c1. The zero-order valence-electron chi connectivity index (χ0n) is 10.2. The number of amides is 1. The van der Waals surface area contributed by atoms with Gasteiger partial charge in [0.15, 0.2) is 0 Å². The second kappa shape index (κ2) is 6.41. The number of rotatable bonds is 3. The molecule has 0 unspecified atom stereocenters. The van der Waals surface area contributed by atoms with Crippen LogP contribution in [0.4, 0.5) is 0 Å². The lowest BCUT2D eigenvalue weighted by Crippen LogP contribution is -2.17. The van der Waals surface area contributed by atoms with E-state index in [1.807, 2.05) is 0 Å². The van der Waals surface area contributed by atoms with Crippen LogP contribution in [-0.2, 0) is 0 Å². The topological polar surface area (TPSA) is 61.7 Å². The van der Waals surface area contributed by atoms with Gasteiger partial charge in [0, 0.05) is 5.56 Å². The molecular weight excluding hydrogens is 299 g/mol. The summed E-state index contributed by atoms with van der Waals surface area (Å²) in [5.74, 6) is -0.222. The molecule has 0 radical (unpaired) electrons. The maximum atomic E-state index is 11.8. The van der Waals surface area contributed by atoms with Gasteiger partial charge >= 0.3 is 0 Å². The van der Waals surface area contributed by atoms with Gasteiger partial charge < -0.3 is 5.11 Å². The van der Waals surface area contributed by atoms with Crippen molar-refractivity contribution >= 4 is 35.3 Å². The minimum Gasteiger partial charge on any atom is -0.508 e. The van der Waals surface area contributed by atoms with E-state index in [0.29, 0.717) is 15.6 Å². The average molecular weight is 309 g/mol. The number of aromatic hydroxyl groups is 1. The molecule has 1 amide bonds. The first kappa shape index (κ1) is 14.4. The van der Waals surface area contributed by atoms with Gasteiger partial charge in [0.2, 0.25) is 0 Å². The van der Waals surface area contributed by atoms with Crippen molar-refractivity contribution in [1.82, 2.24) is 5.43 Å². The average Bonchev–Trinajstić information content (AvgIpc) is 2.44. The van der Waals surface area contributed by atoms with Gasteiger partial charge in [-0.3, -0.25) is 4.79 Å². The molecule has 0 atom stereocenters. The third kappa shape index (κ3) is 3.73. The van der Waals surface area contributed by atoms with Crippen molar-refractivity contribution in [2.75, 3.05) is 0 Å². The van der Waals surface area contributed by atoms with Crippen LogP contribution in [-0.4, -0.2) is 17.2 Å². The fourth-order valence-electron chi connectivity index (χ4n) is 1.43. The minimum absolute atomic E-state index is 0.169. The number of hydrazone groups is 1. The Hall–Kier alpha value is -2.04. The van der Waals surface area contributed by atoms with E-state index in [0.717, 1.165) is 5.56 Å². The highest BCUT2D eigenvalue weighted by Gasteiger charge is 2.06. The van der Waals surface area contributed by atoms with Gasteiger partial charge in [-0.05, 0) is 48.0 Å². The molecule has 0 aliphatic heterocycles. The monoisotopic (exact) mass is 308 g/mol. The molecule has 2 rings (SSSR count). The molecular formula is C14H10Cl2N2O2. The first-order valence-electron chi connectivity index (χ1n) is 5.64. The molecule has 6 heteroatoms. The summed E-state index contributed by atoms with van der Waals surface area (Å²) in [6.07, 6.45) is 1.47. The van der Waals surface area contributed by atoms with Crippen molar-refractivity contribution in [2.45, 2.75) is 0 Å². The Morgan fingerprint density at radius 1 is 1.10 bits per heavy atom. The smallest absolute Gasteiger partial charge is 0.271 e. The van der Waals surface area contributed by atoms with Crippen LogP contribution in [0.2, 0.25) is 10.0 Å². The summed E-state index contributed by atoms with van der Waals surface area (Å²) in [5.41, 5.74) is 3.49. The number of benzene rings is 2. The van der Waals surface area contributed by atoms with E-state index in [9.17, 15) is 4.79 Å². The second-order valence-electron chi connectivity index (χ2n) is 3.92. The molecule has 0 aliphatic rings. The molecule has 20 heavy (non-hydrogen) atoms. The van der Waals surface area contributed by atoms with Crippen LogP contribution in [0.1, 0.15) is 15.9 Å². The number of nitrogens with one attached hydrogen (secondary N) is 1. The number of nitrogens with zero attached hydrogens (tertiary/aromatic N) is 1. The third-order valence-corrected chi connectivity index (χ3v) is 3.19. The van der Waals surface area contributed by atoms with Crippen LogP contribution in [0, 0.1) is 0 Å². The van der Waals surface area contributed by atoms with E-state index in [4.69, 9.17) is 28.3 Å². The molecule has 2 N–H and O–H groups in total. The van der Waals surface area contributed by atoms with Crippen LogP contribution in [0.25, 0.3) is 0 Å². The summed E-state index contributed by atoms with van der Waals surface area (Å²) >= 11 is 11.6. The number of halogens is 2. The number of hydrogen-bond donors (Lipinski definition) is 2. The molecule has 0 bridgehead atoms. The zero-order chi connectivity index (χ0) is 14.5. The highest BCUT2D eigenvalue weighted by Crippen LogP contribution is 2.22. The maximum absolute atomic E-state index is 11.8. The van der Waals surface area contributed by atoms with Crippen LogP contribution in [0.5, 0.6) is 5.75 Å². The van der Waals surface area contributed by atoms with Gasteiger partial charge in [-0.2, -0.15) is 5.10 Å². The highest BCUT2D eigenvalue weighted by atomic mass is 35.5. The molecule has 0 saturated carbocycles. The Morgan fingerprint density at radius 2 is 1.80 bits per heavy atom. The van der Waals surface area contributed by atoms with E-state index in [1.165, 1.54) is 24.4 Å². The largest absolute Gasteiger partial charge is 0.508 e. The summed E-state index contributed by atoms with van der Waals surface area (Å²) in [6, 6.07) is 11.0. The van der Waals surface area contributed by atoms with Crippen molar-refractivity contribution in [3.8, 4) is 5.75 Å². The van der Waals surface area contributed by atoms with Crippen LogP contribution in [0.3, 0.4) is 0 Å². The molecule has 4 nitrogen and oxygen atoms in total. The number of carbonyl (C=O) groups is 1. The van der Waals surface area contributed by atoms with Gasteiger partial charge in [-0.25, -0.2) is 5.43 Å². The highest BCUT2D eigenvalue weighted by molar-refractivity contribution is 6.42. The Balaban J connectivity index is 2.01. The van der Waals surface area contributed by atoms with Gasteiger partial charge in [0.05, 0.1) is 16.3 Å². The molecule has 102 valence electrons. The zero-order valence-corrected chi connectivity index (χ0v) is 11.7. The number of hydrogen-bond acceptors (Lipinski definition) is 3. The van der Waals surface area contributed by atoms with Crippen molar-refractivity contribution < 1.29 is 9.90 Å². The van der Waals surface area contributed by atoms with Crippen molar-refractivity contribution in [3.05, 3.63) is 63.6 Å². The summed E-state index contributed by atoms with van der Waals surface area (Å²) in [5, 5.41) is 13.6. The molecule has 0 heterocycles. The maximum Gasteiger partial charge on any atom is 0.271 e. The molecule has 0 saturated heterocycles. The first-order valence-corrected chi connectivity index (χ1v) is 6.39. The first-order chi connectivity index (χ1) is 9.56. The molecule has 0 fully saturated rings. The van der Waals surface area contributed by atoms with Crippen LogP contribution < -0.4 is 5.43 Å². The summed E-state index contributed by atoms with van der Waals surface area (Å²) in [7, 11) is 0. The van der Waals surface area contributed by atoms with E-state index >= 15 is 0 Å². The van der Waals surface area contributed by atoms with Crippen LogP contribution in [0.15, 0.2) is 47.6 Å². The molecule has 2 aromatic carbocycles. The minimum atomic E-state index is -0.390. The van der Waals surface area contributed by atoms with Gasteiger partial charge in [-0.1, -0.05) is 23.2 Å². The molecule has 0 aliphatic carbocycles. The number of phenols is 1. The summed E-state index contributed by atoms with van der Waals surface area (Å²) in [6.45, 7) is 0. The number of phenolic OH excluding ortho intramolecular Hbond substituents is 1. The lowest BCUT2D eigenvalue weighted by Gasteiger charge is -2.01. The van der Waals surface area contributed by atoms with E-state index in [-0.39, 0.29) is 5.75 Å². The van der Waals surface area contributed by atoms with Crippen molar-refractivity contribution in [2.24, 2.45) is 5.10 Å². The molecule has 0 spiro atoms. The fraction of sp³-hybridized carbons (Fsp3) is 0. The van der Waals surface area contributed by atoms with Gasteiger partial charge in [0.25, 0.3) is 5.91 Å². The summed E-state index contributed by atoms with van der Waals surface area (Å²) in [4.78, 5) is 11.8. The lowest BCUT2D eigenvalue weighted by atomic mass is 10.2. The number of carbonyl (C=O) groups excluding carboxylic acids is 1. The quantitative estimate of drug-likeness (QED) is 0.674. The summed E-state index contributed by atoms with van der Waals surface area (Å²) < 4.78 is 0. The standard InChI is InChI=1S/C14H10Cl2N2O2/c15-12-6-3-10(7-13(12)16)14(20)18-17-8-9-1-4-11(19)5-2-9/h1-8,19H,(H,18,20). The van der Waals surface area contributed by atoms with Crippen molar-refractivity contribution in [1.29, 1.82) is 0 Å². The Bertz CT molecular complexity index is 655. The predicted molar refractivity (Wildman–Crippen MR) is 79.6 cm³/mol. The Labute approximate surface area is 125 Å². The normalized spacial score (nSPS) is 10.7. The molecule has 0 aromatic heterocycles. The van der Waals surface area contributed by atoms with Crippen LogP contribution >= 0.6 is 23.2 Å². The Kier molecular flexibility index (Phi) is 4.61. The van der Waals surface area contributed by atoms with E-state index < -0.39 is 5.91 Å². The molecule has 2 aromatic rings. The second-order valence-corrected chi connectivity index (χ2v) is 4.73. The van der Waals surface area contributed by atoms with E-state index in [2.05, 4.69) is 10.5 Å². The van der Waals surface area contributed by atoms with Gasteiger partial charge in [0.1, 0.15) is 5.75 Å². The fourth-order valence-corrected chi connectivity index (χ4v) is 1.73. The van der Waals surface area contributed by atoms with Crippen molar-refractivity contribution in [3.63, 3.8) is 0 Å². The Morgan fingerprint density at radius 3 is 2.45 bits per heavy atom. The van der Waals surface area contributed by atoms with E-state index in [1.54, 1.807) is 24.3 Å². The van der Waals surface area contributed by atoms with Gasteiger partial charge in [-0.15, -0.1) is 0 Å². The third-order valence-electron chi connectivity index (χ3n) is 2.45.